The smallest absolute Gasteiger partial charge is 0.191 e. The first-order valence-electron chi connectivity index (χ1n) is 8.81. The van der Waals surface area contributed by atoms with Gasteiger partial charge in [0.15, 0.2) is 11.8 Å². The van der Waals surface area contributed by atoms with Crippen LogP contribution >= 0.6 is 24.0 Å². The van der Waals surface area contributed by atoms with E-state index in [9.17, 15) is 0 Å². The van der Waals surface area contributed by atoms with Crippen molar-refractivity contribution >= 4 is 29.9 Å². The van der Waals surface area contributed by atoms with Gasteiger partial charge >= 0.3 is 0 Å². The molecule has 0 aliphatic rings. The van der Waals surface area contributed by atoms with E-state index in [0.717, 1.165) is 50.1 Å². The van der Waals surface area contributed by atoms with Crippen molar-refractivity contribution in [2.75, 3.05) is 47.4 Å². The molecule has 0 saturated heterocycles. The SMILES string of the molecule is CN=C(NCCN(C)CCCOC)NCc1nncn1-c1ccccc1.I. The Morgan fingerprint density at radius 2 is 2.00 bits per heavy atom. The Kier molecular flexibility index (Phi) is 11.6. The third kappa shape index (κ3) is 8.22. The fourth-order valence-corrected chi connectivity index (χ4v) is 2.52. The molecular weight excluding hydrogens is 457 g/mol. The molecule has 0 saturated carbocycles. The van der Waals surface area contributed by atoms with Crippen LogP contribution in [-0.2, 0) is 11.3 Å². The van der Waals surface area contributed by atoms with Crippen molar-refractivity contribution < 1.29 is 4.74 Å². The third-order valence-electron chi connectivity index (χ3n) is 3.96. The maximum absolute atomic E-state index is 5.08. The van der Waals surface area contributed by atoms with Crippen molar-refractivity contribution in [2.45, 2.75) is 13.0 Å². The van der Waals surface area contributed by atoms with Crippen molar-refractivity contribution in [3.63, 3.8) is 0 Å². The fraction of sp³-hybridized carbons (Fsp3) is 0.500. The molecule has 9 heteroatoms. The van der Waals surface area contributed by atoms with Gasteiger partial charge in [0.05, 0.1) is 6.54 Å². The van der Waals surface area contributed by atoms with E-state index >= 15 is 0 Å². The van der Waals surface area contributed by atoms with Gasteiger partial charge in [0, 0.05) is 46.1 Å². The Hall–Kier alpha value is -1.72. The monoisotopic (exact) mass is 487 g/mol. The minimum absolute atomic E-state index is 0. The Morgan fingerprint density at radius 3 is 2.70 bits per heavy atom. The van der Waals surface area contributed by atoms with Crippen molar-refractivity contribution in [3.05, 3.63) is 42.5 Å². The molecule has 2 N–H and O–H groups in total. The van der Waals surface area contributed by atoms with Gasteiger partial charge in [-0.1, -0.05) is 18.2 Å². The number of para-hydroxylation sites is 1. The summed E-state index contributed by atoms with van der Waals surface area (Å²) in [6.45, 7) is 4.10. The summed E-state index contributed by atoms with van der Waals surface area (Å²) in [7, 11) is 5.60. The molecule has 0 unspecified atom stereocenters. The van der Waals surface area contributed by atoms with Gasteiger partial charge in [-0.05, 0) is 25.6 Å². The standard InChI is InChI=1S/C18H29N7O.HI/c1-19-18(20-10-12-24(2)11-7-13-26-3)21-14-17-23-22-15-25(17)16-8-5-4-6-9-16;/h4-6,8-9,15H,7,10-14H2,1-3H3,(H2,19,20,21);1H. The van der Waals surface area contributed by atoms with Crippen molar-refractivity contribution in [1.29, 1.82) is 0 Å². The molecule has 0 atom stereocenters. The minimum atomic E-state index is 0. The first-order chi connectivity index (χ1) is 12.7. The fourth-order valence-electron chi connectivity index (χ4n) is 2.52. The van der Waals surface area contributed by atoms with E-state index in [1.807, 2.05) is 34.9 Å². The van der Waals surface area contributed by atoms with Crippen molar-refractivity contribution in [1.82, 2.24) is 30.3 Å². The molecule has 0 radical (unpaired) electrons. The van der Waals surface area contributed by atoms with Gasteiger partial charge in [0.1, 0.15) is 6.33 Å². The summed E-state index contributed by atoms with van der Waals surface area (Å²) in [5.41, 5.74) is 1.04. The molecule has 1 aromatic carbocycles. The Balaban J connectivity index is 0.00000364. The number of hydrogen-bond acceptors (Lipinski definition) is 5. The van der Waals surface area contributed by atoms with Gasteiger partial charge < -0.3 is 20.3 Å². The van der Waals surface area contributed by atoms with Crippen LogP contribution in [0.5, 0.6) is 0 Å². The van der Waals surface area contributed by atoms with Crippen LogP contribution in [0.2, 0.25) is 0 Å². The lowest BCUT2D eigenvalue weighted by molar-refractivity contribution is 0.180. The number of hydrogen-bond donors (Lipinski definition) is 2. The summed E-state index contributed by atoms with van der Waals surface area (Å²) in [6.07, 6.45) is 2.76. The number of rotatable bonds is 10. The van der Waals surface area contributed by atoms with Crippen LogP contribution in [0.4, 0.5) is 0 Å². The van der Waals surface area contributed by atoms with E-state index in [1.165, 1.54) is 0 Å². The third-order valence-corrected chi connectivity index (χ3v) is 3.96. The molecule has 0 fully saturated rings. The van der Waals surface area contributed by atoms with Crippen LogP contribution in [0.1, 0.15) is 12.2 Å². The summed E-state index contributed by atoms with van der Waals surface area (Å²) in [5, 5.41) is 14.8. The van der Waals surface area contributed by atoms with E-state index in [2.05, 4.69) is 37.8 Å². The highest BCUT2D eigenvalue weighted by atomic mass is 127. The topological polar surface area (TPSA) is 79.6 Å². The Morgan fingerprint density at radius 1 is 1.22 bits per heavy atom. The number of ether oxygens (including phenoxy) is 1. The van der Waals surface area contributed by atoms with E-state index in [1.54, 1.807) is 20.5 Å². The lowest BCUT2D eigenvalue weighted by Gasteiger charge is -2.18. The zero-order valence-electron chi connectivity index (χ0n) is 16.3. The van der Waals surface area contributed by atoms with Crippen LogP contribution < -0.4 is 10.6 Å². The molecule has 2 rings (SSSR count). The van der Waals surface area contributed by atoms with Gasteiger partial charge in [-0.2, -0.15) is 0 Å². The van der Waals surface area contributed by atoms with Crippen molar-refractivity contribution in [3.8, 4) is 5.69 Å². The maximum atomic E-state index is 5.08. The quantitative estimate of drug-likeness (QED) is 0.229. The summed E-state index contributed by atoms with van der Waals surface area (Å²) in [4.78, 5) is 6.53. The van der Waals surface area contributed by atoms with E-state index < -0.39 is 0 Å². The number of nitrogens with one attached hydrogen (secondary N) is 2. The summed E-state index contributed by atoms with van der Waals surface area (Å²) in [6, 6.07) is 10.0. The Labute approximate surface area is 178 Å². The number of aliphatic imine (C=N–C) groups is 1. The molecule has 0 aliphatic carbocycles. The highest BCUT2D eigenvalue weighted by Crippen LogP contribution is 2.08. The molecule has 0 aliphatic heterocycles. The highest BCUT2D eigenvalue weighted by Gasteiger charge is 2.07. The first kappa shape index (κ1) is 23.3. The first-order valence-corrected chi connectivity index (χ1v) is 8.81. The number of halogens is 1. The van der Waals surface area contributed by atoms with Crippen LogP contribution in [0.3, 0.4) is 0 Å². The lowest BCUT2D eigenvalue weighted by Crippen LogP contribution is -2.41. The molecule has 1 aromatic heterocycles. The molecule has 8 nitrogen and oxygen atoms in total. The number of aromatic nitrogens is 3. The number of guanidine groups is 1. The largest absolute Gasteiger partial charge is 0.385 e. The average molecular weight is 487 g/mol. The molecule has 0 amide bonds. The van der Waals surface area contributed by atoms with Crippen LogP contribution in [0.15, 0.2) is 41.7 Å². The zero-order chi connectivity index (χ0) is 18.6. The Bertz CT molecular complexity index is 663. The normalized spacial score (nSPS) is 11.3. The van der Waals surface area contributed by atoms with E-state index in [4.69, 9.17) is 4.74 Å². The average Bonchev–Trinajstić information content (AvgIpc) is 3.14. The zero-order valence-corrected chi connectivity index (χ0v) is 18.6. The van der Waals surface area contributed by atoms with Crippen LogP contribution in [-0.4, -0.2) is 73.1 Å². The summed E-state index contributed by atoms with van der Waals surface area (Å²) >= 11 is 0. The van der Waals surface area contributed by atoms with Crippen LogP contribution in [0, 0.1) is 0 Å². The summed E-state index contributed by atoms with van der Waals surface area (Å²) < 4.78 is 7.04. The highest BCUT2D eigenvalue weighted by molar-refractivity contribution is 14.0. The number of methoxy groups -OCH3 is 1. The molecule has 27 heavy (non-hydrogen) atoms. The summed E-state index contributed by atoms with van der Waals surface area (Å²) in [5.74, 6) is 1.58. The predicted molar refractivity (Wildman–Crippen MR) is 119 cm³/mol. The van der Waals surface area contributed by atoms with Gasteiger partial charge in [0.2, 0.25) is 0 Å². The predicted octanol–water partition coefficient (Wildman–Crippen LogP) is 1.52. The number of nitrogens with zero attached hydrogens (tertiary/aromatic N) is 5. The van der Waals surface area contributed by atoms with E-state index in [-0.39, 0.29) is 24.0 Å². The second kappa shape index (κ2) is 13.4. The van der Waals surface area contributed by atoms with Crippen molar-refractivity contribution in [2.24, 2.45) is 4.99 Å². The number of likely N-dealkylation sites (N-methyl/N-ethyl adjacent to an activating group) is 1. The van der Waals surface area contributed by atoms with Gasteiger partial charge in [-0.25, -0.2) is 0 Å². The molecule has 0 bridgehead atoms. The second-order valence-electron chi connectivity index (χ2n) is 5.95. The molecule has 1 heterocycles. The molecule has 2 aromatic rings. The molecule has 150 valence electrons. The minimum Gasteiger partial charge on any atom is -0.385 e. The van der Waals surface area contributed by atoms with E-state index in [0.29, 0.717) is 6.54 Å². The second-order valence-corrected chi connectivity index (χ2v) is 5.95. The molecular formula is C18H30IN7O. The maximum Gasteiger partial charge on any atom is 0.191 e. The molecule has 0 spiro atoms. The van der Waals surface area contributed by atoms with Crippen LogP contribution in [0.25, 0.3) is 5.69 Å². The lowest BCUT2D eigenvalue weighted by atomic mass is 10.3. The number of benzene rings is 1. The van der Waals surface area contributed by atoms with Gasteiger partial charge in [-0.15, -0.1) is 34.2 Å². The van der Waals surface area contributed by atoms with Gasteiger partial charge in [-0.3, -0.25) is 9.56 Å². The van der Waals surface area contributed by atoms with Gasteiger partial charge in [0.25, 0.3) is 0 Å².